The monoisotopic (exact) mass is 388 g/mol. The number of carbonyl (C=O) groups is 2. The molecule has 0 unspecified atom stereocenters. The van der Waals surface area contributed by atoms with Crippen molar-refractivity contribution in [2.75, 3.05) is 23.3 Å². The van der Waals surface area contributed by atoms with E-state index < -0.39 is 5.91 Å². The fraction of sp³-hybridized carbons (Fsp3) is 0.278. The predicted octanol–water partition coefficient (Wildman–Crippen LogP) is 3.48. The van der Waals surface area contributed by atoms with Crippen LogP contribution in [0.25, 0.3) is 9.53 Å². The van der Waals surface area contributed by atoms with Crippen LogP contribution in [-0.4, -0.2) is 29.9 Å². The van der Waals surface area contributed by atoms with Crippen LogP contribution in [0.4, 0.5) is 10.8 Å². The van der Waals surface area contributed by atoms with E-state index >= 15 is 0 Å². The van der Waals surface area contributed by atoms with E-state index in [2.05, 4.69) is 29.0 Å². The molecule has 3 rings (SSSR count). The molecule has 0 saturated carbocycles. The number of para-hydroxylation sites is 1. The lowest BCUT2D eigenvalue weighted by molar-refractivity contribution is -0.117. The van der Waals surface area contributed by atoms with Gasteiger partial charge in [-0.1, -0.05) is 29.5 Å². The lowest BCUT2D eigenvalue weighted by Crippen LogP contribution is -2.21. The maximum atomic E-state index is 12.6. The van der Waals surface area contributed by atoms with Crippen molar-refractivity contribution in [2.45, 2.75) is 20.3 Å². The first-order chi connectivity index (χ1) is 12.5. The third-order valence-electron chi connectivity index (χ3n) is 3.97. The van der Waals surface area contributed by atoms with Gasteiger partial charge in [0.05, 0.1) is 16.0 Å². The quantitative estimate of drug-likeness (QED) is 0.648. The Kier molecular flexibility index (Phi) is 5.53. The van der Waals surface area contributed by atoms with E-state index in [1.807, 2.05) is 18.2 Å². The molecule has 2 heterocycles. The van der Waals surface area contributed by atoms with Crippen LogP contribution in [0.3, 0.4) is 0 Å². The Hall–Kier alpha value is -2.45. The van der Waals surface area contributed by atoms with E-state index in [9.17, 15) is 9.59 Å². The third-order valence-corrected chi connectivity index (χ3v) is 6.19. The van der Waals surface area contributed by atoms with Gasteiger partial charge >= 0.3 is 0 Å². The maximum Gasteiger partial charge on any atom is 0.265 e. The molecule has 0 spiro atoms. The number of hydrogen-bond donors (Lipinski definition) is 2. The Morgan fingerprint density at radius 1 is 1.19 bits per heavy atom. The molecule has 136 valence electrons. The molecule has 26 heavy (non-hydrogen) atoms. The zero-order valence-corrected chi connectivity index (χ0v) is 16.2. The van der Waals surface area contributed by atoms with Crippen molar-refractivity contribution in [1.82, 2.24) is 4.98 Å². The molecular formula is C18H20N4O2S2. The zero-order valence-electron chi connectivity index (χ0n) is 14.6. The van der Waals surface area contributed by atoms with Crippen molar-refractivity contribution >= 4 is 54.8 Å². The van der Waals surface area contributed by atoms with Gasteiger partial charge in [-0.2, -0.15) is 0 Å². The molecule has 2 amide bonds. The fourth-order valence-corrected chi connectivity index (χ4v) is 4.87. The molecule has 3 aromatic rings. The number of nitrogens with one attached hydrogen (secondary N) is 1. The van der Waals surface area contributed by atoms with Crippen LogP contribution in [0.2, 0.25) is 0 Å². The van der Waals surface area contributed by atoms with Crippen LogP contribution in [0.5, 0.6) is 0 Å². The summed E-state index contributed by atoms with van der Waals surface area (Å²) in [5, 5.41) is 3.85. The number of fused-ring (bicyclic) bond motifs is 1. The molecule has 0 aliphatic carbocycles. The Morgan fingerprint density at radius 2 is 1.92 bits per heavy atom. The van der Waals surface area contributed by atoms with E-state index in [0.29, 0.717) is 16.1 Å². The minimum atomic E-state index is -0.434. The van der Waals surface area contributed by atoms with E-state index in [4.69, 9.17) is 5.73 Å². The normalized spacial score (nSPS) is 10.8. The van der Waals surface area contributed by atoms with Crippen molar-refractivity contribution in [3.63, 3.8) is 0 Å². The van der Waals surface area contributed by atoms with Crippen molar-refractivity contribution in [1.29, 1.82) is 0 Å². The summed E-state index contributed by atoms with van der Waals surface area (Å²) in [5.74, 6) is -0.641. The van der Waals surface area contributed by atoms with E-state index in [0.717, 1.165) is 27.8 Å². The Labute approximate surface area is 159 Å². The molecular weight excluding hydrogens is 368 g/mol. The van der Waals surface area contributed by atoms with Crippen molar-refractivity contribution in [2.24, 2.45) is 5.73 Å². The van der Waals surface area contributed by atoms with Crippen LogP contribution in [-0.2, 0) is 11.2 Å². The van der Waals surface area contributed by atoms with Crippen molar-refractivity contribution in [3.8, 4) is 0 Å². The molecule has 0 atom stereocenters. The molecule has 0 bridgehead atoms. The van der Waals surface area contributed by atoms with Gasteiger partial charge in [-0.3, -0.25) is 9.59 Å². The number of aromatic nitrogens is 1. The number of anilines is 2. The van der Waals surface area contributed by atoms with Gasteiger partial charge in [-0.25, -0.2) is 4.98 Å². The van der Waals surface area contributed by atoms with Gasteiger partial charge < -0.3 is 16.0 Å². The van der Waals surface area contributed by atoms with Gasteiger partial charge in [0.15, 0.2) is 5.13 Å². The zero-order chi connectivity index (χ0) is 18.7. The Morgan fingerprint density at radius 3 is 2.58 bits per heavy atom. The highest BCUT2D eigenvalue weighted by Gasteiger charge is 2.17. The van der Waals surface area contributed by atoms with Crippen LogP contribution in [0.1, 0.15) is 29.1 Å². The van der Waals surface area contributed by atoms with Crippen LogP contribution in [0, 0.1) is 0 Å². The molecule has 0 radical (unpaired) electrons. The van der Waals surface area contributed by atoms with E-state index in [-0.39, 0.29) is 12.3 Å². The van der Waals surface area contributed by atoms with Gasteiger partial charge in [0.1, 0.15) is 4.83 Å². The topological polar surface area (TPSA) is 88.3 Å². The highest BCUT2D eigenvalue weighted by Crippen LogP contribution is 2.35. The largest absolute Gasteiger partial charge is 0.369 e. The van der Waals surface area contributed by atoms with Gasteiger partial charge in [-0.05, 0) is 31.5 Å². The van der Waals surface area contributed by atoms with Gasteiger partial charge in [0, 0.05) is 18.8 Å². The Balaban J connectivity index is 1.80. The average Bonchev–Trinajstić information content (AvgIpc) is 3.16. The molecule has 0 saturated heterocycles. The highest BCUT2D eigenvalue weighted by atomic mass is 32.1. The summed E-state index contributed by atoms with van der Waals surface area (Å²) in [4.78, 5) is 32.1. The fourth-order valence-electron chi connectivity index (χ4n) is 2.63. The number of thiophene rings is 1. The summed E-state index contributed by atoms with van der Waals surface area (Å²) in [6.07, 6.45) is 0.0881. The molecule has 0 aliphatic heterocycles. The van der Waals surface area contributed by atoms with Gasteiger partial charge in [-0.15, -0.1) is 11.3 Å². The number of amides is 2. The lowest BCUT2D eigenvalue weighted by atomic mass is 10.1. The maximum absolute atomic E-state index is 12.6. The van der Waals surface area contributed by atoms with Crippen molar-refractivity contribution < 1.29 is 9.59 Å². The molecule has 0 aliphatic rings. The third kappa shape index (κ3) is 3.86. The summed E-state index contributed by atoms with van der Waals surface area (Å²) in [7, 11) is 0. The second-order valence-electron chi connectivity index (χ2n) is 5.70. The van der Waals surface area contributed by atoms with E-state index in [1.54, 1.807) is 23.5 Å². The summed E-state index contributed by atoms with van der Waals surface area (Å²) in [6.45, 7) is 6.01. The lowest BCUT2D eigenvalue weighted by Gasteiger charge is -2.16. The summed E-state index contributed by atoms with van der Waals surface area (Å²) in [6, 6.07) is 9.05. The molecule has 8 heteroatoms. The number of primary amides is 1. The number of hydrogen-bond acceptors (Lipinski definition) is 6. The first kappa shape index (κ1) is 18.3. The summed E-state index contributed by atoms with van der Waals surface area (Å²) >= 11 is 2.97. The first-order valence-corrected chi connectivity index (χ1v) is 9.98. The SMILES string of the molecule is CCN(CC)c1nc2sc(C(=O)Nc3ccccc3CC(N)=O)cc2s1. The molecule has 1 aromatic carbocycles. The number of rotatable bonds is 7. The smallest absolute Gasteiger partial charge is 0.265 e. The second-order valence-corrected chi connectivity index (χ2v) is 7.74. The summed E-state index contributed by atoms with van der Waals surface area (Å²) < 4.78 is 1.01. The number of carbonyl (C=O) groups excluding carboxylic acids is 2. The standard InChI is InChI=1S/C18H20N4O2S2/c1-3-22(4-2)18-21-17-14(26-18)10-13(25-17)16(24)20-12-8-6-5-7-11(12)9-15(19)23/h5-8,10H,3-4,9H2,1-2H3,(H2,19,23)(H,20,24). The molecule has 2 aromatic heterocycles. The van der Waals surface area contributed by atoms with Gasteiger partial charge in [0.2, 0.25) is 5.91 Å². The van der Waals surface area contributed by atoms with E-state index in [1.165, 1.54) is 11.3 Å². The Bertz CT molecular complexity index is 912. The first-order valence-electron chi connectivity index (χ1n) is 8.34. The predicted molar refractivity (Wildman–Crippen MR) is 108 cm³/mol. The minimum Gasteiger partial charge on any atom is -0.369 e. The molecule has 6 nitrogen and oxygen atoms in total. The molecule has 3 N–H and O–H groups in total. The number of thiazole rings is 1. The molecule has 0 fully saturated rings. The minimum absolute atomic E-state index is 0.0881. The van der Waals surface area contributed by atoms with Crippen LogP contribution >= 0.6 is 22.7 Å². The van der Waals surface area contributed by atoms with Crippen LogP contribution < -0.4 is 16.0 Å². The van der Waals surface area contributed by atoms with Gasteiger partial charge in [0.25, 0.3) is 5.91 Å². The second kappa shape index (κ2) is 7.84. The van der Waals surface area contributed by atoms with Crippen molar-refractivity contribution in [3.05, 3.63) is 40.8 Å². The summed E-state index contributed by atoms with van der Waals surface area (Å²) in [5.41, 5.74) is 6.58. The average molecular weight is 389 g/mol. The number of nitrogens with two attached hydrogens (primary N) is 1. The van der Waals surface area contributed by atoms with Crippen LogP contribution in [0.15, 0.2) is 30.3 Å². The highest BCUT2D eigenvalue weighted by molar-refractivity contribution is 7.29. The number of nitrogens with zero attached hydrogens (tertiary/aromatic N) is 2. The number of benzene rings is 1.